The number of benzene rings is 4. The molecular formula is C30H27BrN4O2. The number of aromatic amines is 1. The predicted octanol–water partition coefficient (Wildman–Crippen LogP) is 7.48. The molecular weight excluding hydrogens is 528 g/mol. The fourth-order valence-corrected chi connectivity index (χ4v) is 4.61. The summed E-state index contributed by atoms with van der Waals surface area (Å²) in [6.45, 7) is 4.89. The fourth-order valence-electron chi connectivity index (χ4n) is 4.07. The average molecular weight is 555 g/mol. The van der Waals surface area contributed by atoms with Crippen LogP contribution in [0.15, 0.2) is 83.3 Å². The van der Waals surface area contributed by atoms with Gasteiger partial charge in [0.15, 0.2) is 0 Å². The van der Waals surface area contributed by atoms with Crippen LogP contribution in [-0.4, -0.2) is 23.0 Å². The number of aromatic nitrogens is 2. The molecule has 0 radical (unpaired) electrons. The molecule has 0 spiro atoms. The molecule has 6 nitrogen and oxygen atoms in total. The quantitative estimate of drug-likeness (QED) is 0.195. The van der Waals surface area contributed by atoms with Crippen LogP contribution in [0.2, 0.25) is 0 Å². The molecule has 0 fully saturated rings. The highest BCUT2D eigenvalue weighted by Crippen LogP contribution is 2.26. The molecule has 0 saturated carbocycles. The van der Waals surface area contributed by atoms with Gasteiger partial charge in [-0.05, 0) is 113 Å². The lowest BCUT2D eigenvalue weighted by atomic mass is 10.1. The number of nitrogens with zero attached hydrogens (tertiary/aromatic N) is 1. The molecule has 3 N–H and O–H groups in total. The minimum Gasteiger partial charge on any atom is -0.496 e. The number of H-pyrrole nitrogens is 1. The van der Waals surface area contributed by atoms with Gasteiger partial charge in [-0.2, -0.15) is 0 Å². The number of carbonyl (C=O) groups is 1. The number of ether oxygens (including phenoxy) is 1. The summed E-state index contributed by atoms with van der Waals surface area (Å²) < 4.78 is 5.96. The number of hydrogen-bond acceptors (Lipinski definition) is 4. The van der Waals surface area contributed by atoms with Crippen molar-refractivity contribution in [2.24, 2.45) is 0 Å². The first-order valence-corrected chi connectivity index (χ1v) is 12.7. The monoisotopic (exact) mass is 554 g/mol. The summed E-state index contributed by atoms with van der Waals surface area (Å²) in [6.07, 6.45) is 0. The van der Waals surface area contributed by atoms with E-state index in [0.29, 0.717) is 17.9 Å². The van der Waals surface area contributed by atoms with Crippen molar-refractivity contribution in [2.75, 3.05) is 17.7 Å². The van der Waals surface area contributed by atoms with Crippen LogP contribution in [0.3, 0.4) is 0 Å². The van der Waals surface area contributed by atoms with E-state index in [1.165, 1.54) is 11.1 Å². The molecule has 1 heterocycles. The number of methoxy groups -OCH3 is 1. The Morgan fingerprint density at radius 1 is 0.919 bits per heavy atom. The number of amides is 1. The lowest BCUT2D eigenvalue weighted by Gasteiger charge is -2.10. The van der Waals surface area contributed by atoms with Crippen LogP contribution >= 0.6 is 15.9 Å². The highest BCUT2D eigenvalue weighted by atomic mass is 79.9. The van der Waals surface area contributed by atoms with E-state index in [0.717, 1.165) is 43.8 Å². The predicted molar refractivity (Wildman–Crippen MR) is 153 cm³/mol. The van der Waals surface area contributed by atoms with Gasteiger partial charge in [0, 0.05) is 29.0 Å². The first-order valence-electron chi connectivity index (χ1n) is 11.9. The maximum Gasteiger partial charge on any atom is 0.255 e. The Bertz CT molecular complexity index is 1540. The molecule has 7 heteroatoms. The standard InChI is InChI=1S/C30H27BrN4O2/c1-18-14-26-27(15-19(18)2)35-29(34-26)21-6-11-23(12-7-21)32-17-20-4-9-24(10-5-20)33-30(36)22-8-13-28(37-3)25(31)16-22/h4-16,32H,17H2,1-3H3,(H,33,36)(H,34,35). The molecule has 0 saturated heterocycles. The summed E-state index contributed by atoms with van der Waals surface area (Å²) in [4.78, 5) is 20.8. The van der Waals surface area contributed by atoms with E-state index in [-0.39, 0.29) is 5.91 Å². The molecule has 0 aliphatic carbocycles. The lowest BCUT2D eigenvalue weighted by Crippen LogP contribution is -2.12. The van der Waals surface area contributed by atoms with E-state index in [1.807, 2.05) is 24.3 Å². The molecule has 5 rings (SSSR count). The van der Waals surface area contributed by atoms with Gasteiger partial charge in [0.2, 0.25) is 0 Å². The van der Waals surface area contributed by atoms with Crippen LogP contribution in [0.4, 0.5) is 11.4 Å². The first-order chi connectivity index (χ1) is 17.9. The molecule has 5 aromatic rings. The molecule has 1 aromatic heterocycles. The maximum absolute atomic E-state index is 12.6. The molecule has 0 unspecified atom stereocenters. The normalized spacial score (nSPS) is 10.9. The number of anilines is 2. The topological polar surface area (TPSA) is 79.0 Å². The number of fused-ring (bicyclic) bond motifs is 1. The van der Waals surface area contributed by atoms with E-state index in [9.17, 15) is 4.79 Å². The molecule has 0 aliphatic rings. The van der Waals surface area contributed by atoms with Gasteiger partial charge < -0.3 is 20.4 Å². The molecule has 0 bridgehead atoms. The highest BCUT2D eigenvalue weighted by Gasteiger charge is 2.10. The zero-order valence-electron chi connectivity index (χ0n) is 20.9. The van der Waals surface area contributed by atoms with Crippen molar-refractivity contribution in [2.45, 2.75) is 20.4 Å². The van der Waals surface area contributed by atoms with Crippen molar-refractivity contribution in [3.05, 3.63) is 106 Å². The number of rotatable bonds is 7. The van der Waals surface area contributed by atoms with Gasteiger partial charge in [-0.3, -0.25) is 4.79 Å². The second kappa shape index (κ2) is 10.5. The minimum atomic E-state index is -0.177. The van der Waals surface area contributed by atoms with Gasteiger partial charge in [-0.15, -0.1) is 0 Å². The van der Waals surface area contributed by atoms with E-state index in [2.05, 4.69) is 81.8 Å². The fraction of sp³-hybridized carbons (Fsp3) is 0.133. The van der Waals surface area contributed by atoms with E-state index < -0.39 is 0 Å². The SMILES string of the molecule is COc1ccc(C(=O)Nc2ccc(CNc3ccc(-c4nc5cc(C)c(C)cc5[nH]4)cc3)cc2)cc1Br. The van der Waals surface area contributed by atoms with E-state index in [4.69, 9.17) is 9.72 Å². The van der Waals surface area contributed by atoms with Crippen LogP contribution in [-0.2, 0) is 6.54 Å². The van der Waals surface area contributed by atoms with Crippen molar-refractivity contribution >= 4 is 44.2 Å². The Hall–Kier alpha value is -4.10. The van der Waals surface area contributed by atoms with E-state index >= 15 is 0 Å². The summed E-state index contributed by atoms with van der Waals surface area (Å²) >= 11 is 3.42. The minimum absolute atomic E-state index is 0.177. The van der Waals surface area contributed by atoms with Gasteiger partial charge in [-0.25, -0.2) is 4.98 Å². The third-order valence-corrected chi connectivity index (χ3v) is 7.00. The van der Waals surface area contributed by atoms with Crippen LogP contribution in [0.5, 0.6) is 5.75 Å². The summed E-state index contributed by atoms with van der Waals surface area (Å²) in [5.74, 6) is 1.37. The number of imidazole rings is 1. The molecule has 0 aliphatic heterocycles. The first kappa shape index (κ1) is 24.6. The van der Waals surface area contributed by atoms with Crippen molar-refractivity contribution in [1.29, 1.82) is 0 Å². The Morgan fingerprint density at radius 2 is 1.62 bits per heavy atom. The van der Waals surface area contributed by atoms with Crippen molar-refractivity contribution in [1.82, 2.24) is 9.97 Å². The largest absolute Gasteiger partial charge is 0.496 e. The molecule has 4 aromatic carbocycles. The molecule has 0 atom stereocenters. The Kier molecular flexibility index (Phi) is 6.97. The van der Waals surface area contributed by atoms with Crippen LogP contribution in [0.25, 0.3) is 22.4 Å². The average Bonchev–Trinajstić information content (AvgIpc) is 3.31. The van der Waals surface area contributed by atoms with Crippen LogP contribution < -0.4 is 15.4 Å². The molecule has 186 valence electrons. The number of halogens is 1. The number of carbonyl (C=O) groups excluding carboxylic acids is 1. The van der Waals surface area contributed by atoms with Crippen molar-refractivity contribution in [3.63, 3.8) is 0 Å². The summed E-state index contributed by atoms with van der Waals surface area (Å²) in [5.41, 5.74) is 8.99. The third-order valence-electron chi connectivity index (χ3n) is 6.38. The lowest BCUT2D eigenvalue weighted by molar-refractivity contribution is 0.102. The zero-order valence-corrected chi connectivity index (χ0v) is 22.4. The third kappa shape index (κ3) is 5.52. The number of hydrogen-bond donors (Lipinski definition) is 3. The summed E-state index contributed by atoms with van der Waals surface area (Å²) in [6, 6.07) is 25.6. The molecule has 37 heavy (non-hydrogen) atoms. The maximum atomic E-state index is 12.6. The van der Waals surface area contributed by atoms with Gasteiger partial charge in [-0.1, -0.05) is 12.1 Å². The summed E-state index contributed by atoms with van der Waals surface area (Å²) in [7, 11) is 1.59. The van der Waals surface area contributed by atoms with Gasteiger partial charge in [0.1, 0.15) is 11.6 Å². The highest BCUT2D eigenvalue weighted by molar-refractivity contribution is 9.10. The molecule has 1 amide bonds. The van der Waals surface area contributed by atoms with Crippen molar-refractivity contribution < 1.29 is 9.53 Å². The van der Waals surface area contributed by atoms with Gasteiger partial charge in [0.05, 0.1) is 22.6 Å². The van der Waals surface area contributed by atoms with Crippen molar-refractivity contribution in [3.8, 4) is 17.1 Å². The second-order valence-electron chi connectivity index (χ2n) is 8.97. The van der Waals surface area contributed by atoms with Gasteiger partial charge >= 0.3 is 0 Å². The summed E-state index contributed by atoms with van der Waals surface area (Å²) in [5, 5.41) is 6.38. The zero-order chi connectivity index (χ0) is 25.9. The van der Waals surface area contributed by atoms with Gasteiger partial charge in [0.25, 0.3) is 5.91 Å². The van der Waals surface area contributed by atoms with E-state index in [1.54, 1.807) is 25.3 Å². The smallest absolute Gasteiger partial charge is 0.255 e. The second-order valence-corrected chi connectivity index (χ2v) is 9.82. The Balaban J connectivity index is 1.18. The Morgan fingerprint density at radius 3 is 2.32 bits per heavy atom. The number of nitrogens with one attached hydrogen (secondary N) is 3. The van der Waals surface area contributed by atoms with Crippen LogP contribution in [0.1, 0.15) is 27.0 Å². The van der Waals surface area contributed by atoms with Crippen LogP contribution in [0, 0.1) is 13.8 Å². The Labute approximate surface area is 224 Å². The number of aryl methyl sites for hydroxylation is 2.